The molecule has 134 valence electrons. The first-order chi connectivity index (χ1) is 12.4. The summed E-state index contributed by atoms with van der Waals surface area (Å²) in [6.07, 6.45) is -2.71. The van der Waals surface area contributed by atoms with Crippen LogP contribution in [0, 0.1) is 0 Å². The molecular weight excluding hydrogens is 367 g/mol. The molecule has 0 atom stereocenters. The van der Waals surface area contributed by atoms with E-state index in [1.807, 2.05) is 6.92 Å². The molecule has 9 heteroatoms. The van der Waals surface area contributed by atoms with Crippen molar-refractivity contribution in [3.05, 3.63) is 45.8 Å². The molecule has 0 N–H and O–H groups in total. The van der Waals surface area contributed by atoms with E-state index in [0.29, 0.717) is 17.8 Å². The van der Waals surface area contributed by atoms with Crippen LogP contribution in [0.5, 0.6) is 0 Å². The summed E-state index contributed by atoms with van der Waals surface area (Å²) in [6.45, 7) is 2.28. The minimum atomic E-state index is -4.63. The summed E-state index contributed by atoms with van der Waals surface area (Å²) in [4.78, 5) is 21.3. The van der Waals surface area contributed by atoms with Gasteiger partial charge in [0.2, 0.25) is 11.3 Å². The molecule has 0 saturated carbocycles. The van der Waals surface area contributed by atoms with Gasteiger partial charge in [0.25, 0.3) is 5.56 Å². The van der Waals surface area contributed by atoms with Gasteiger partial charge >= 0.3 is 6.18 Å². The maximum Gasteiger partial charge on any atom is 0.417 e. The van der Waals surface area contributed by atoms with Crippen molar-refractivity contribution in [3.63, 3.8) is 0 Å². The number of aryl methyl sites for hydroxylation is 1. The Morgan fingerprint density at radius 1 is 1.35 bits per heavy atom. The van der Waals surface area contributed by atoms with Crippen molar-refractivity contribution >= 4 is 33.5 Å². The third-order valence-electron chi connectivity index (χ3n) is 3.96. The van der Waals surface area contributed by atoms with Crippen LogP contribution in [0.25, 0.3) is 32.8 Å². The molecule has 0 amide bonds. The summed E-state index contributed by atoms with van der Waals surface area (Å²) in [5.74, 6) is 0. The van der Waals surface area contributed by atoms with E-state index in [1.165, 1.54) is 22.2 Å². The fourth-order valence-corrected chi connectivity index (χ4v) is 3.52. The van der Waals surface area contributed by atoms with Gasteiger partial charge in [0.05, 0.1) is 27.8 Å². The second-order valence-corrected chi connectivity index (χ2v) is 6.68. The number of halogens is 3. The summed E-state index contributed by atoms with van der Waals surface area (Å²) < 4.78 is 47.8. The fraction of sp³-hybridized carbons (Fsp3) is 0.235. The Hall–Kier alpha value is -2.68. The number of furan rings is 1. The zero-order valence-corrected chi connectivity index (χ0v) is 14.3. The molecule has 0 aliphatic rings. The summed E-state index contributed by atoms with van der Waals surface area (Å²) in [6, 6.07) is 4.37. The lowest BCUT2D eigenvalue weighted by atomic mass is 10.1. The van der Waals surface area contributed by atoms with E-state index in [2.05, 4.69) is 9.97 Å². The van der Waals surface area contributed by atoms with Gasteiger partial charge in [0.15, 0.2) is 0 Å². The van der Waals surface area contributed by atoms with Gasteiger partial charge in [-0.25, -0.2) is 9.97 Å². The van der Waals surface area contributed by atoms with Gasteiger partial charge in [-0.1, -0.05) is 13.0 Å². The number of alkyl halides is 3. The van der Waals surface area contributed by atoms with E-state index in [9.17, 15) is 18.0 Å². The number of nitrogens with zero attached hydrogens (tertiary/aromatic N) is 3. The van der Waals surface area contributed by atoms with Crippen molar-refractivity contribution in [1.29, 1.82) is 0 Å². The number of aromatic nitrogens is 3. The lowest BCUT2D eigenvalue weighted by molar-refractivity contribution is -0.136. The molecule has 0 saturated heterocycles. The summed E-state index contributed by atoms with van der Waals surface area (Å²) in [5.41, 5.74) is -1.84. The Bertz CT molecular complexity index is 1160. The van der Waals surface area contributed by atoms with Crippen LogP contribution in [-0.2, 0) is 12.7 Å². The SMILES string of the molecule is CCCn1cnc2c(oc3nc(-c4cccs4)cc(C(F)(F)F)c32)c1=O. The number of thiophene rings is 1. The molecule has 0 aliphatic carbocycles. The van der Waals surface area contributed by atoms with Crippen LogP contribution < -0.4 is 5.56 Å². The highest BCUT2D eigenvalue weighted by molar-refractivity contribution is 7.13. The molecule has 4 aromatic rings. The van der Waals surface area contributed by atoms with Gasteiger partial charge in [-0.05, 0) is 23.9 Å². The number of pyridine rings is 1. The molecule has 0 bridgehead atoms. The first-order valence-corrected chi connectivity index (χ1v) is 8.72. The molecule has 0 unspecified atom stereocenters. The second-order valence-electron chi connectivity index (χ2n) is 5.73. The Kier molecular flexibility index (Phi) is 3.83. The molecule has 5 nitrogen and oxygen atoms in total. The fourth-order valence-electron chi connectivity index (χ4n) is 2.84. The number of fused-ring (bicyclic) bond motifs is 3. The van der Waals surface area contributed by atoms with E-state index in [1.54, 1.807) is 17.5 Å². The number of hydrogen-bond acceptors (Lipinski definition) is 5. The summed E-state index contributed by atoms with van der Waals surface area (Å²) >= 11 is 1.27. The van der Waals surface area contributed by atoms with Crippen LogP contribution >= 0.6 is 11.3 Å². The summed E-state index contributed by atoms with van der Waals surface area (Å²) in [5, 5.41) is 1.46. The predicted molar refractivity (Wildman–Crippen MR) is 92.2 cm³/mol. The van der Waals surface area contributed by atoms with Gasteiger partial charge in [0.1, 0.15) is 5.52 Å². The zero-order valence-electron chi connectivity index (χ0n) is 13.5. The van der Waals surface area contributed by atoms with E-state index in [-0.39, 0.29) is 27.9 Å². The molecule has 4 heterocycles. The van der Waals surface area contributed by atoms with Gasteiger partial charge in [-0.15, -0.1) is 11.3 Å². The van der Waals surface area contributed by atoms with E-state index < -0.39 is 17.3 Å². The molecule has 26 heavy (non-hydrogen) atoms. The average Bonchev–Trinajstić information content (AvgIpc) is 3.23. The topological polar surface area (TPSA) is 60.9 Å². The van der Waals surface area contributed by atoms with Gasteiger partial charge < -0.3 is 4.42 Å². The Balaban J connectivity index is 2.10. The highest BCUT2D eigenvalue weighted by Crippen LogP contribution is 2.40. The maximum atomic E-state index is 13.7. The molecule has 0 spiro atoms. The molecule has 0 fully saturated rings. The van der Waals surface area contributed by atoms with Crippen LogP contribution in [0.1, 0.15) is 18.9 Å². The molecule has 0 radical (unpaired) electrons. The highest BCUT2D eigenvalue weighted by atomic mass is 32.1. The van der Waals surface area contributed by atoms with Crippen molar-refractivity contribution < 1.29 is 17.6 Å². The van der Waals surface area contributed by atoms with Crippen molar-refractivity contribution in [2.75, 3.05) is 0 Å². The maximum absolute atomic E-state index is 13.7. The van der Waals surface area contributed by atoms with Crippen LogP contribution in [0.3, 0.4) is 0 Å². The second kappa shape index (κ2) is 5.94. The van der Waals surface area contributed by atoms with E-state index in [4.69, 9.17) is 4.42 Å². The van der Waals surface area contributed by atoms with E-state index in [0.717, 1.165) is 6.07 Å². The minimum Gasteiger partial charge on any atom is -0.430 e. The minimum absolute atomic E-state index is 0.116. The summed E-state index contributed by atoms with van der Waals surface area (Å²) in [7, 11) is 0. The normalized spacial score (nSPS) is 12.3. The van der Waals surface area contributed by atoms with Gasteiger partial charge in [-0.2, -0.15) is 13.2 Å². The zero-order chi connectivity index (χ0) is 18.5. The first kappa shape index (κ1) is 16.8. The lowest BCUT2D eigenvalue weighted by Crippen LogP contribution is -2.19. The van der Waals surface area contributed by atoms with Crippen molar-refractivity contribution in [2.45, 2.75) is 26.1 Å². The highest BCUT2D eigenvalue weighted by Gasteiger charge is 2.36. The smallest absolute Gasteiger partial charge is 0.417 e. The van der Waals surface area contributed by atoms with E-state index >= 15 is 0 Å². The quantitative estimate of drug-likeness (QED) is 0.518. The third kappa shape index (κ3) is 2.59. The van der Waals surface area contributed by atoms with Crippen LogP contribution in [0.15, 0.2) is 39.1 Å². The van der Waals surface area contributed by atoms with Crippen LogP contribution in [-0.4, -0.2) is 14.5 Å². The van der Waals surface area contributed by atoms with Crippen LogP contribution in [0.4, 0.5) is 13.2 Å². The van der Waals surface area contributed by atoms with Crippen molar-refractivity contribution in [1.82, 2.24) is 14.5 Å². The van der Waals surface area contributed by atoms with Crippen LogP contribution in [0.2, 0.25) is 0 Å². The van der Waals surface area contributed by atoms with Gasteiger partial charge in [-0.3, -0.25) is 9.36 Å². The monoisotopic (exact) mass is 379 g/mol. The Labute approximate surface area is 148 Å². The Morgan fingerprint density at radius 3 is 2.81 bits per heavy atom. The third-order valence-corrected chi connectivity index (χ3v) is 4.85. The Morgan fingerprint density at radius 2 is 2.15 bits per heavy atom. The predicted octanol–water partition coefficient (Wildman–Crippen LogP) is 4.70. The first-order valence-electron chi connectivity index (χ1n) is 7.84. The molecule has 4 aromatic heterocycles. The largest absolute Gasteiger partial charge is 0.430 e. The molecule has 4 rings (SSSR count). The number of hydrogen-bond donors (Lipinski definition) is 0. The molecular formula is C17H12F3N3O2S. The van der Waals surface area contributed by atoms with Crippen molar-refractivity contribution in [2.24, 2.45) is 0 Å². The molecule has 0 aromatic carbocycles. The van der Waals surface area contributed by atoms with Gasteiger partial charge in [0, 0.05) is 6.54 Å². The lowest BCUT2D eigenvalue weighted by Gasteiger charge is -2.09. The standard InChI is InChI=1S/C17H12F3N3O2S/c1-2-5-23-8-21-13-12-9(17(18,19)20)7-10(11-4-3-6-26-11)22-15(12)25-14(13)16(23)24/h3-4,6-8H,2,5H2,1H3. The van der Waals surface area contributed by atoms with Crippen molar-refractivity contribution in [3.8, 4) is 10.6 Å². The molecule has 0 aliphatic heterocycles. The average molecular weight is 379 g/mol. The number of rotatable bonds is 3.